The molecule has 0 spiro atoms. The molecule has 0 fully saturated rings. The molecule has 0 unspecified atom stereocenters. The van der Waals surface area contributed by atoms with Crippen molar-refractivity contribution >= 4 is 12.5 Å². The van der Waals surface area contributed by atoms with Crippen LogP contribution in [0.25, 0.3) is 0 Å². The molecule has 0 amide bonds. The van der Waals surface area contributed by atoms with Gasteiger partial charge in [0.25, 0.3) is 0 Å². The van der Waals surface area contributed by atoms with Gasteiger partial charge in [0.05, 0.1) is 12.7 Å². The molecule has 0 radical (unpaired) electrons. The maximum atomic E-state index is 10.8. The van der Waals surface area contributed by atoms with E-state index in [-0.39, 0.29) is 0 Å². The van der Waals surface area contributed by atoms with Crippen LogP contribution in [0.3, 0.4) is 0 Å². The van der Waals surface area contributed by atoms with Crippen LogP contribution in [-0.4, -0.2) is 26.2 Å². The average Bonchev–Trinajstić information content (AvgIpc) is 2.27. The average molecular weight is 189 g/mol. The van der Waals surface area contributed by atoms with Crippen LogP contribution in [0, 0.1) is 0 Å². The minimum absolute atomic E-state index is 0.613. The Morgan fingerprint density at radius 3 is 3.07 bits per heavy atom. The lowest BCUT2D eigenvalue weighted by Gasteiger charge is -2.12. The highest BCUT2D eigenvalue weighted by molar-refractivity contribution is 5.88. The number of aliphatic imine (C=N–C) groups is 1. The summed E-state index contributed by atoms with van der Waals surface area (Å²) in [7, 11) is 1.56. The van der Waals surface area contributed by atoms with Crippen molar-refractivity contribution in [1.29, 1.82) is 0 Å². The number of fused-ring (bicyclic) bond motifs is 1. The number of aldehydes is 1. The first-order valence-electron chi connectivity index (χ1n) is 4.51. The Kier molecular flexibility index (Phi) is 2.31. The van der Waals surface area contributed by atoms with Crippen LogP contribution in [0.2, 0.25) is 0 Å². The highest BCUT2D eigenvalue weighted by atomic mass is 16.5. The monoisotopic (exact) mass is 189 g/mol. The fraction of sp³-hybridized carbons (Fsp3) is 0.273. The van der Waals surface area contributed by atoms with E-state index >= 15 is 0 Å². The number of hydrogen-bond donors (Lipinski definition) is 0. The lowest BCUT2D eigenvalue weighted by Crippen LogP contribution is -2.05. The van der Waals surface area contributed by atoms with E-state index in [1.807, 2.05) is 18.3 Å². The summed E-state index contributed by atoms with van der Waals surface area (Å²) in [5, 5.41) is 0. The first-order chi connectivity index (χ1) is 6.85. The van der Waals surface area contributed by atoms with E-state index in [2.05, 4.69) is 4.99 Å². The predicted molar refractivity (Wildman–Crippen MR) is 54.5 cm³/mol. The molecule has 1 aliphatic heterocycles. The number of methoxy groups -OCH3 is 1. The lowest BCUT2D eigenvalue weighted by atomic mass is 10.00. The topological polar surface area (TPSA) is 38.7 Å². The van der Waals surface area contributed by atoms with E-state index in [1.54, 1.807) is 7.11 Å². The Labute approximate surface area is 82.4 Å². The number of ether oxygens (including phenoxy) is 1. The third-order valence-corrected chi connectivity index (χ3v) is 2.36. The lowest BCUT2D eigenvalue weighted by molar-refractivity contribution is 0.112. The van der Waals surface area contributed by atoms with Gasteiger partial charge in [-0.05, 0) is 29.7 Å². The van der Waals surface area contributed by atoms with Crippen LogP contribution in [0.5, 0.6) is 5.75 Å². The van der Waals surface area contributed by atoms with Crippen LogP contribution in [0.15, 0.2) is 17.1 Å². The second-order valence-electron chi connectivity index (χ2n) is 3.20. The Morgan fingerprint density at radius 1 is 1.50 bits per heavy atom. The van der Waals surface area contributed by atoms with E-state index in [4.69, 9.17) is 4.74 Å². The van der Waals surface area contributed by atoms with Crippen LogP contribution < -0.4 is 4.74 Å². The number of nitrogens with zero attached hydrogens (tertiary/aromatic N) is 1. The smallest absolute Gasteiger partial charge is 0.153 e. The number of benzene rings is 1. The number of carbonyl (C=O) groups excluding carboxylic acids is 1. The number of carbonyl (C=O) groups is 1. The molecule has 1 aromatic rings. The summed E-state index contributed by atoms with van der Waals surface area (Å²) in [4.78, 5) is 14.9. The van der Waals surface area contributed by atoms with E-state index in [1.165, 1.54) is 5.56 Å². The van der Waals surface area contributed by atoms with E-state index in [0.717, 1.165) is 24.8 Å². The van der Waals surface area contributed by atoms with Gasteiger partial charge in [-0.25, -0.2) is 0 Å². The van der Waals surface area contributed by atoms with E-state index in [0.29, 0.717) is 11.3 Å². The second-order valence-corrected chi connectivity index (χ2v) is 3.20. The third-order valence-electron chi connectivity index (χ3n) is 2.36. The minimum atomic E-state index is 0.613. The van der Waals surface area contributed by atoms with Gasteiger partial charge >= 0.3 is 0 Å². The highest BCUT2D eigenvalue weighted by Crippen LogP contribution is 2.23. The zero-order valence-corrected chi connectivity index (χ0v) is 7.99. The van der Waals surface area contributed by atoms with E-state index in [9.17, 15) is 4.79 Å². The first kappa shape index (κ1) is 8.94. The normalized spacial score (nSPS) is 13.5. The van der Waals surface area contributed by atoms with Gasteiger partial charge in [-0.3, -0.25) is 9.79 Å². The molecule has 0 saturated carbocycles. The maximum Gasteiger partial charge on any atom is 0.153 e. The number of hydrogen-bond acceptors (Lipinski definition) is 3. The van der Waals surface area contributed by atoms with Gasteiger partial charge < -0.3 is 4.74 Å². The van der Waals surface area contributed by atoms with Crippen LogP contribution in [0.1, 0.15) is 21.5 Å². The molecule has 2 rings (SSSR count). The van der Waals surface area contributed by atoms with Crippen molar-refractivity contribution in [2.24, 2.45) is 4.99 Å². The molecule has 0 N–H and O–H groups in total. The summed E-state index contributed by atoms with van der Waals surface area (Å²) in [5.41, 5.74) is 2.84. The van der Waals surface area contributed by atoms with Crippen LogP contribution in [0.4, 0.5) is 0 Å². The molecule has 72 valence electrons. The van der Waals surface area contributed by atoms with E-state index < -0.39 is 0 Å². The van der Waals surface area contributed by atoms with Gasteiger partial charge in [-0.1, -0.05) is 0 Å². The summed E-state index contributed by atoms with van der Waals surface area (Å²) < 4.78 is 5.11. The zero-order chi connectivity index (χ0) is 9.97. The zero-order valence-electron chi connectivity index (χ0n) is 7.99. The van der Waals surface area contributed by atoms with Crippen LogP contribution >= 0.6 is 0 Å². The van der Waals surface area contributed by atoms with Crippen molar-refractivity contribution in [3.63, 3.8) is 0 Å². The van der Waals surface area contributed by atoms with Gasteiger partial charge in [0.2, 0.25) is 0 Å². The Balaban J connectivity index is 2.56. The van der Waals surface area contributed by atoms with Crippen molar-refractivity contribution in [2.75, 3.05) is 13.7 Å². The SMILES string of the molecule is COc1cc2c(cc1C=O)CCN=C2. The summed E-state index contributed by atoms with van der Waals surface area (Å²) in [5.74, 6) is 0.618. The third kappa shape index (κ3) is 1.41. The maximum absolute atomic E-state index is 10.8. The summed E-state index contributed by atoms with van der Waals surface area (Å²) >= 11 is 0. The molecule has 1 aromatic carbocycles. The van der Waals surface area contributed by atoms with Crippen molar-refractivity contribution < 1.29 is 9.53 Å². The molecule has 0 atom stereocenters. The molecule has 0 aliphatic carbocycles. The molecular formula is C11H11NO2. The Morgan fingerprint density at radius 2 is 2.36 bits per heavy atom. The minimum Gasteiger partial charge on any atom is -0.496 e. The molecule has 14 heavy (non-hydrogen) atoms. The molecule has 1 aliphatic rings. The second kappa shape index (κ2) is 3.62. The van der Waals surface area contributed by atoms with Crippen molar-refractivity contribution in [3.05, 3.63) is 28.8 Å². The highest BCUT2D eigenvalue weighted by Gasteiger charge is 2.10. The standard InChI is InChI=1S/C11H11NO2/c1-14-11-5-9-6-12-3-2-8(9)4-10(11)7-13/h4-7H,2-3H2,1H3. The van der Waals surface area contributed by atoms with Crippen molar-refractivity contribution in [1.82, 2.24) is 0 Å². The first-order valence-corrected chi connectivity index (χ1v) is 4.51. The molecule has 0 bridgehead atoms. The molecular weight excluding hydrogens is 178 g/mol. The Bertz CT molecular complexity index is 397. The van der Waals surface area contributed by atoms with Crippen molar-refractivity contribution in [3.8, 4) is 5.75 Å². The van der Waals surface area contributed by atoms with Gasteiger partial charge in [-0.2, -0.15) is 0 Å². The van der Waals surface area contributed by atoms with Gasteiger partial charge in [0.15, 0.2) is 6.29 Å². The Hall–Kier alpha value is -1.64. The predicted octanol–water partition coefficient (Wildman–Crippen LogP) is 1.48. The summed E-state index contributed by atoms with van der Waals surface area (Å²) in [6, 6.07) is 3.74. The molecule has 0 saturated heterocycles. The van der Waals surface area contributed by atoms with Crippen molar-refractivity contribution in [2.45, 2.75) is 6.42 Å². The molecule has 3 nitrogen and oxygen atoms in total. The quantitative estimate of drug-likeness (QED) is 0.661. The largest absolute Gasteiger partial charge is 0.496 e. The number of rotatable bonds is 2. The van der Waals surface area contributed by atoms with Gasteiger partial charge in [0, 0.05) is 12.8 Å². The summed E-state index contributed by atoms with van der Waals surface area (Å²) in [6.45, 7) is 0.803. The fourth-order valence-electron chi connectivity index (χ4n) is 1.61. The van der Waals surface area contributed by atoms with Gasteiger partial charge in [-0.15, -0.1) is 0 Å². The molecule has 1 heterocycles. The fourth-order valence-corrected chi connectivity index (χ4v) is 1.61. The molecule has 0 aromatic heterocycles. The molecule has 3 heteroatoms. The van der Waals surface area contributed by atoms with Gasteiger partial charge in [0.1, 0.15) is 5.75 Å². The van der Waals surface area contributed by atoms with Crippen LogP contribution in [-0.2, 0) is 6.42 Å². The summed E-state index contributed by atoms with van der Waals surface area (Å²) in [6.07, 6.45) is 3.55.